The van der Waals surface area contributed by atoms with Crippen LogP contribution in [-0.2, 0) is 16.2 Å². The van der Waals surface area contributed by atoms with Crippen molar-refractivity contribution in [1.29, 1.82) is 0 Å². The number of sulfonamides is 1. The van der Waals surface area contributed by atoms with Gasteiger partial charge in [0.1, 0.15) is 16.7 Å². The van der Waals surface area contributed by atoms with E-state index in [2.05, 4.69) is 9.62 Å². The van der Waals surface area contributed by atoms with Gasteiger partial charge in [-0.05, 0) is 43.8 Å². The van der Waals surface area contributed by atoms with E-state index < -0.39 is 31.7 Å². The van der Waals surface area contributed by atoms with Crippen LogP contribution in [0.3, 0.4) is 0 Å². The first kappa shape index (κ1) is 22.0. The van der Waals surface area contributed by atoms with Crippen LogP contribution >= 0.6 is 23.2 Å². The Hall–Kier alpha value is -1.68. The number of nitrogens with one attached hydrogen (secondary N) is 1. The molecule has 1 heterocycles. The summed E-state index contributed by atoms with van der Waals surface area (Å²) in [6.07, 6.45) is -3.89. The molecule has 158 valence electrons. The second kappa shape index (κ2) is 8.22. The number of alkyl halides is 3. The standard InChI is InChI=1S/C18H17Cl2F3N2O3S/c1-25-7-6-13(10-25)28-16-9-12(3-4-14(16)19)24-29(26,27)17-5-2-11(8-15(17)20)18(21,22)23/h2-5,8-9,13,24H,6-7,10H2,1H3/t13-/m1/s1. The van der Waals surface area contributed by atoms with Crippen molar-refractivity contribution in [2.75, 3.05) is 24.9 Å². The van der Waals surface area contributed by atoms with Gasteiger partial charge in [-0.25, -0.2) is 8.42 Å². The Morgan fingerprint density at radius 2 is 1.86 bits per heavy atom. The lowest BCUT2D eigenvalue weighted by molar-refractivity contribution is -0.137. The van der Waals surface area contributed by atoms with Gasteiger partial charge < -0.3 is 9.64 Å². The summed E-state index contributed by atoms with van der Waals surface area (Å²) in [5, 5.41) is -0.221. The molecule has 1 atom stereocenters. The quantitative estimate of drug-likeness (QED) is 0.677. The van der Waals surface area contributed by atoms with E-state index in [0.717, 1.165) is 19.0 Å². The number of hydrogen-bond acceptors (Lipinski definition) is 4. The number of nitrogens with zero attached hydrogens (tertiary/aromatic N) is 1. The maximum absolute atomic E-state index is 12.8. The van der Waals surface area contributed by atoms with Crippen LogP contribution in [-0.4, -0.2) is 39.6 Å². The molecule has 1 fully saturated rings. The molecule has 0 aromatic heterocycles. The van der Waals surface area contributed by atoms with Gasteiger partial charge in [0.05, 0.1) is 21.3 Å². The number of ether oxygens (including phenoxy) is 1. The molecule has 0 unspecified atom stereocenters. The van der Waals surface area contributed by atoms with Crippen molar-refractivity contribution in [1.82, 2.24) is 4.90 Å². The third-order valence-corrected chi connectivity index (χ3v) is 6.55. The summed E-state index contributed by atoms with van der Waals surface area (Å²) < 4.78 is 71.7. The van der Waals surface area contributed by atoms with E-state index in [-0.39, 0.29) is 11.8 Å². The van der Waals surface area contributed by atoms with Crippen LogP contribution in [0.5, 0.6) is 5.75 Å². The zero-order valence-corrected chi connectivity index (χ0v) is 17.5. The van der Waals surface area contributed by atoms with Gasteiger partial charge in [-0.15, -0.1) is 0 Å². The van der Waals surface area contributed by atoms with Crippen LogP contribution in [0.2, 0.25) is 10.0 Å². The number of hydrogen-bond donors (Lipinski definition) is 1. The SMILES string of the molecule is CN1CC[C@@H](Oc2cc(NS(=O)(=O)c3ccc(C(F)(F)F)cc3Cl)ccc2Cl)C1. The van der Waals surface area contributed by atoms with Crippen molar-refractivity contribution in [3.8, 4) is 5.75 Å². The molecule has 2 aromatic carbocycles. The Labute approximate surface area is 176 Å². The van der Waals surface area contributed by atoms with Crippen molar-refractivity contribution in [3.05, 3.63) is 52.0 Å². The maximum Gasteiger partial charge on any atom is 0.416 e. The highest BCUT2D eigenvalue weighted by Gasteiger charge is 2.32. The topological polar surface area (TPSA) is 58.6 Å². The minimum Gasteiger partial charge on any atom is -0.487 e. The van der Waals surface area contributed by atoms with E-state index in [9.17, 15) is 21.6 Å². The first-order valence-corrected chi connectivity index (χ1v) is 10.7. The molecule has 0 saturated carbocycles. The second-order valence-electron chi connectivity index (χ2n) is 6.68. The molecule has 2 aromatic rings. The number of halogens is 5. The molecular formula is C18H17Cl2F3N2O3S. The molecule has 0 spiro atoms. The van der Waals surface area contributed by atoms with Gasteiger partial charge in [0.25, 0.3) is 10.0 Å². The molecular weight excluding hydrogens is 452 g/mol. The fourth-order valence-electron chi connectivity index (χ4n) is 2.93. The Kier molecular flexibility index (Phi) is 6.24. The zero-order valence-electron chi connectivity index (χ0n) is 15.1. The molecule has 1 saturated heterocycles. The summed E-state index contributed by atoms with van der Waals surface area (Å²) in [7, 11) is -2.27. The van der Waals surface area contributed by atoms with Crippen LogP contribution in [0.4, 0.5) is 18.9 Å². The van der Waals surface area contributed by atoms with Crippen LogP contribution in [0.25, 0.3) is 0 Å². The van der Waals surface area contributed by atoms with Crippen molar-refractivity contribution in [3.63, 3.8) is 0 Å². The Bertz CT molecular complexity index is 1020. The predicted octanol–water partition coefficient (Wildman–Crippen LogP) is 4.90. The molecule has 11 heteroatoms. The Balaban J connectivity index is 1.82. The summed E-state index contributed by atoms with van der Waals surface area (Å²) in [5.74, 6) is 0.311. The highest BCUT2D eigenvalue weighted by atomic mass is 35.5. The molecule has 0 bridgehead atoms. The molecule has 0 aliphatic carbocycles. The average Bonchev–Trinajstić information content (AvgIpc) is 3.01. The lowest BCUT2D eigenvalue weighted by Crippen LogP contribution is -2.21. The summed E-state index contributed by atoms with van der Waals surface area (Å²) in [4.78, 5) is 1.62. The van der Waals surface area contributed by atoms with E-state index >= 15 is 0 Å². The van der Waals surface area contributed by atoms with Crippen LogP contribution in [0.1, 0.15) is 12.0 Å². The van der Waals surface area contributed by atoms with E-state index in [1.165, 1.54) is 18.2 Å². The average molecular weight is 469 g/mol. The maximum atomic E-state index is 12.8. The summed E-state index contributed by atoms with van der Waals surface area (Å²) >= 11 is 11.9. The number of anilines is 1. The highest BCUT2D eigenvalue weighted by molar-refractivity contribution is 7.92. The van der Waals surface area contributed by atoms with E-state index in [4.69, 9.17) is 27.9 Å². The predicted molar refractivity (Wildman–Crippen MR) is 105 cm³/mol. The molecule has 5 nitrogen and oxygen atoms in total. The van der Waals surface area contributed by atoms with Gasteiger partial charge in [0.2, 0.25) is 0 Å². The Morgan fingerprint density at radius 1 is 1.14 bits per heavy atom. The molecule has 3 rings (SSSR count). The smallest absolute Gasteiger partial charge is 0.416 e. The van der Waals surface area contributed by atoms with Gasteiger partial charge in [-0.2, -0.15) is 13.2 Å². The van der Waals surface area contributed by atoms with E-state index in [0.29, 0.717) is 29.4 Å². The number of likely N-dealkylation sites (tertiary alicyclic amines) is 1. The highest BCUT2D eigenvalue weighted by Crippen LogP contribution is 2.35. The van der Waals surface area contributed by atoms with Crippen molar-refractivity contribution in [2.45, 2.75) is 23.6 Å². The fourth-order valence-corrected chi connectivity index (χ4v) is 4.69. The monoisotopic (exact) mass is 468 g/mol. The van der Waals surface area contributed by atoms with Gasteiger partial charge >= 0.3 is 6.18 Å². The third-order valence-electron chi connectivity index (χ3n) is 4.37. The zero-order chi connectivity index (χ0) is 21.4. The van der Waals surface area contributed by atoms with Crippen molar-refractivity contribution >= 4 is 38.9 Å². The van der Waals surface area contributed by atoms with Gasteiger partial charge in [-0.3, -0.25) is 4.72 Å². The molecule has 1 N–H and O–H groups in total. The fraction of sp³-hybridized carbons (Fsp3) is 0.333. The van der Waals surface area contributed by atoms with Gasteiger partial charge in [0, 0.05) is 19.2 Å². The molecule has 0 radical (unpaired) electrons. The number of benzene rings is 2. The molecule has 0 amide bonds. The van der Waals surface area contributed by atoms with E-state index in [1.54, 1.807) is 0 Å². The molecule has 1 aliphatic heterocycles. The minimum absolute atomic E-state index is 0.0753. The van der Waals surface area contributed by atoms with Crippen molar-refractivity contribution < 1.29 is 26.3 Å². The van der Waals surface area contributed by atoms with Gasteiger partial charge in [0.15, 0.2) is 0 Å². The number of rotatable bonds is 5. The lowest BCUT2D eigenvalue weighted by atomic mass is 10.2. The van der Waals surface area contributed by atoms with Crippen LogP contribution < -0.4 is 9.46 Å². The largest absolute Gasteiger partial charge is 0.487 e. The summed E-state index contributed by atoms with van der Waals surface area (Å²) in [5.41, 5.74) is -0.892. The van der Waals surface area contributed by atoms with Crippen molar-refractivity contribution in [2.24, 2.45) is 0 Å². The van der Waals surface area contributed by atoms with E-state index in [1.807, 2.05) is 7.05 Å². The first-order valence-electron chi connectivity index (χ1n) is 8.50. The third kappa shape index (κ3) is 5.28. The second-order valence-corrected chi connectivity index (χ2v) is 9.15. The van der Waals surface area contributed by atoms with Crippen LogP contribution in [0, 0.1) is 0 Å². The minimum atomic E-state index is -4.63. The normalized spacial score (nSPS) is 18.1. The number of likely N-dealkylation sites (N-methyl/N-ethyl adjacent to an activating group) is 1. The lowest BCUT2D eigenvalue weighted by Gasteiger charge is -2.17. The first-order chi connectivity index (χ1) is 13.5. The summed E-state index contributed by atoms with van der Waals surface area (Å²) in [6, 6.07) is 6.37. The Morgan fingerprint density at radius 3 is 2.45 bits per heavy atom. The summed E-state index contributed by atoms with van der Waals surface area (Å²) in [6.45, 7) is 1.59. The van der Waals surface area contributed by atoms with Gasteiger partial charge in [-0.1, -0.05) is 23.2 Å². The molecule has 29 heavy (non-hydrogen) atoms. The molecule has 1 aliphatic rings. The van der Waals surface area contributed by atoms with Crippen LogP contribution in [0.15, 0.2) is 41.3 Å².